The van der Waals surface area contributed by atoms with E-state index in [1.165, 1.54) is 0 Å². The SMILES string of the molecule is CN(C)C(=O)CCCOc1ccc(CC(=O)O)cc1. The highest BCUT2D eigenvalue weighted by molar-refractivity contribution is 5.75. The first-order valence-corrected chi connectivity index (χ1v) is 6.12. The van der Waals surface area contributed by atoms with Crippen LogP contribution in [0, 0.1) is 0 Å². The number of carbonyl (C=O) groups excluding carboxylic acids is 1. The van der Waals surface area contributed by atoms with Gasteiger partial charge in [-0.25, -0.2) is 0 Å². The van der Waals surface area contributed by atoms with Crippen LogP contribution in [0.3, 0.4) is 0 Å². The van der Waals surface area contributed by atoms with Gasteiger partial charge in [-0.15, -0.1) is 0 Å². The summed E-state index contributed by atoms with van der Waals surface area (Å²) >= 11 is 0. The molecule has 0 saturated carbocycles. The van der Waals surface area contributed by atoms with Gasteiger partial charge in [-0.3, -0.25) is 9.59 Å². The zero-order valence-corrected chi connectivity index (χ0v) is 11.3. The molecule has 0 saturated heterocycles. The first kappa shape index (κ1) is 15.0. The molecule has 0 aliphatic carbocycles. The molecule has 5 nitrogen and oxygen atoms in total. The molecule has 1 rings (SSSR count). The van der Waals surface area contributed by atoms with Crippen LogP contribution in [0.15, 0.2) is 24.3 Å². The zero-order valence-electron chi connectivity index (χ0n) is 11.3. The van der Waals surface area contributed by atoms with Gasteiger partial charge in [0.25, 0.3) is 0 Å². The lowest BCUT2D eigenvalue weighted by molar-refractivity contribution is -0.136. The van der Waals surface area contributed by atoms with Gasteiger partial charge in [-0.05, 0) is 24.1 Å². The number of hydrogen-bond donors (Lipinski definition) is 1. The summed E-state index contributed by atoms with van der Waals surface area (Å²) < 4.78 is 5.48. The second kappa shape index (κ2) is 7.41. The molecule has 1 amide bonds. The Morgan fingerprint density at radius 3 is 2.37 bits per heavy atom. The maximum Gasteiger partial charge on any atom is 0.307 e. The summed E-state index contributed by atoms with van der Waals surface area (Å²) in [5.41, 5.74) is 0.739. The Balaban J connectivity index is 2.30. The summed E-state index contributed by atoms with van der Waals surface area (Å²) in [6.07, 6.45) is 1.13. The van der Waals surface area contributed by atoms with E-state index in [-0.39, 0.29) is 12.3 Å². The number of hydrogen-bond acceptors (Lipinski definition) is 3. The average Bonchev–Trinajstić information content (AvgIpc) is 2.35. The van der Waals surface area contributed by atoms with Crippen molar-refractivity contribution in [1.29, 1.82) is 0 Å². The number of aliphatic carboxylic acids is 1. The predicted octanol–water partition coefficient (Wildman–Crippen LogP) is 1.56. The highest BCUT2D eigenvalue weighted by Gasteiger charge is 2.04. The molecule has 104 valence electrons. The van der Waals surface area contributed by atoms with Crippen LogP contribution in [0.4, 0.5) is 0 Å². The third-order valence-corrected chi connectivity index (χ3v) is 2.58. The standard InChI is InChI=1S/C14H19NO4/c1-15(2)13(16)4-3-9-19-12-7-5-11(6-8-12)10-14(17)18/h5-8H,3-4,9-10H2,1-2H3,(H,17,18). The van der Waals surface area contributed by atoms with Gasteiger partial charge in [-0.2, -0.15) is 0 Å². The van der Waals surface area contributed by atoms with E-state index in [9.17, 15) is 9.59 Å². The van der Waals surface area contributed by atoms with Gasteiger partial charge in [0.15, 0.2) is 0 Å². The lowest BCUT2D eigenvalue weighted by atomic mass is 10.1. The molecule has 1 N–H and O–H groups in total. The van der Waals surface area contributed by atoms with Crippen LogP contribution in [0.25, 0.3) is 0 Å². The second-order valence-electron chi connectivity index (χ2n) is 4.45. The van der Waals surface area contributed by atoms with E-state index >= 15 is 0 Å². The molecule has 0 unspecified atom stereocenters. The van der Waals surface area contributed by atoms with Crippen molar-refractivity contribution in [2.75, 3.05) is 20.7 Å². The smallest absolute Gasteiger partial charge is 0.307 e. The van der Waals surface area contributed by atoms with E-state index < -0.39 is 5.97 Å². The van der Waals surface area contributed by atoms with Crippen LogP contribution in [0.1, 0.15) is 18.4 Å². The molecule has 0 heterocycles. The van der Waals surface area contributed by atoms with Gasteiger partial charge < -0.3 is 14.7 Å². The van der Waals surface area contributed by atoms with Crippen LogP contribution in [0.2, 0.25) is 0 Å². The van der Waals surface area contributed by atoms with Crippen molar-refractivity contribution in [3.8, 4) is 5.75 Å². The first-order valence-electron chi connectivity index (χ1n) is 6.12. The Labute approximate surface area is 112 Å². The Hall–Kier alpha value is -2.04. The summed E-state index contributed by atoms with van der Waals surface area (Å²) in [7, 11) is 3.45. The lowest BCUT2D eigenvalue weighted by Crippen LogP contribution is -2.21. The van der Waals surface area contributed by atoms with E-state index in [4.69, 9.17) is 9.84 Å². The highest BCUT2D eigenvalue weighted by Crippen LogP contribution is 2.13. The fraction of sp³-hybridized carbons (Fsp3) is 0.429. The van der Waals surface area contributed by atoms with Crippen LogP contribution < -0.4 is 4.74 Å². The molecule has 0 aliphatic rings. The topological polar surface area (TPSA) is 66.8 Å². The van der Waals surface area contributed by atoms with Crippen molar-refractivity contribution in [2.45, 2.75) is 19.3 Å². The van der Waals surface area contributed by atoms with Crippen molar-refractivity contribution in [1.82, 2.24) is 4.90 Å². The number of rotatable bonds is 7. The normalized spacial score (nSPS) is 10.0. The van der Waals surface area contributed by atoms with Gasteiger partial charge in [0, 0.05) is 20.5 Å². The van der Waals surface area contributed by atoms with Gasteiger partial charge in [0.05, 0.1) is 13.0 Å². The van der Waals surface area contributed by atoms with Gasteiger partial charge >= 0.3 is 5.97 Å². The van der Waals surface area contributed by atoms with Crippen molar-refractivity contribution in [3.63, 3.8) is 0 Å². The minimum atomic E-state index is -0.851. The molecule has 0 atom stereocenters. The first-order chi connectivity index (χ1) is 8.99. The van der Waals surface area contributed by atoms with Crippen molar-refractivity contribution in [3.05, 3.63) is 29.8 Å². The van der Waals surface area contributed by atoms with Gasteiger partial charge in [0.2, 0.25) is 5.91 Å². The Bertz CT molecular complexity index is 426. The summed E-state index contributed by atoms with van der Waals surface area (Å²) in [4.78, 5) is 23.4. The van der Waals surface area contributed by atoms with Crippen molar-refractivity contribution in [2.24, 2.45) is 0 Å². The number of amides is 1. The van der Waals surface area contributed by atoms with Crippen molar-refractivity contribution >= 4 is 11.9 Å². The monoisotopic (exact) mass is 265 g/mol. The second-order valence-corrected chi connectivity index (χ2v) is 4.45. The average molecular weight is 265 g/mol. The third-order valence-electron chi connectivity index (χ3n) is 2.58. The fourth-order valence-corrected chi connectivity index (χ4v) is 1.52. The minimum absolute atomic E-state index is 0.0115. The van der Waals surface area contributed by atoms with Crippen molar-refractivity contribution < 1.29 is 19.4 Å². The molecule has 0 aromatic heterocycles. The summed E-state index contributed by atoms with van der Waals surface area (Å²) in [6, 6.07) is 6.95. The van der Waals surface area contributed by atoms with E-state index in [0.29, 0.717) is 25.2 Å². The Morgan fingerprint density at radius 1 is 1.21 bits per heavy atom. The molecular weight excluding hydrogens is 246 g/mol. The molecule has 1 aromatic rings. The molecule has 0 aliphatic heterocycles. The van der Waals surface area contributed by atoms with E-state index in [1.807, 2.05) is 0 Å². The number of carbonyl (C=O) groups is 2. The van der Waals surface area contributed by atoms with E-state index in [1.54, 1.807) is 43.3 Å². The number of benzene rings is 1. The lowest BCUT2D eigenvalue weighted by Gasteiger charge is -2.10. The minimum Gasteiger partial charge on any atom is -0.494 e. The molecule has 0 radical (unpaired) electrons. The highest BCUT2D eigenvalue weighted by atomic mass is 16.5. The fourth-order valence-electron chi connectivity index (χ4n) is 1.52. The zero-order chi connectivity index (χ0) is 14.3. The third kappa shape index (κ3) is 5.90. The largest absolute Gasteiger partial charge is 0.494 e. The Kier molecular flexibility index (Phi) is 5.85. The summed E-state index contributed by atoms with van der Waals surface area (Å²) in [6.45, 7) is 0.470. The molecular formula is C14H19NO4. The molecule has 1 aromatic carbocycles. The molecule has 0 bridgehead atoms. The maximum atomic E-state index is 11.3. The number of carboxylic acids is 1. The predicted molar refractivity (Wildman–Crippen MR) is 71.2 cm³/mol. The Morgan fingerprint density at radius 2 is 1.84 bits per heavy atom. The molecule has 0 fully saturated rings. The quantitative estimate of drug-likeness (QED) is 0.760. The van der Waals surface area contributed by atoms with Crippen LogP contribution in [-0.2, 0) is 16.0 Å². The number of carboxylic acid groups (broad SMARTS) is 1. The summed E-state index contributed by atoms with van der Waals surface area (Å²) in [5.74, 6) is -0.0808. The van der Waals surface area contributed by atoms with E-state index in [0.717, 1.165) is 5.56 Å². The summed E-state index contributed by atoms with van der Waals surface area (Å²) in [5, 5.41) is 8.64. The van der Waals surface area contributed by atoms with Gasteiger partial charge in [-0.1, -0.05) is 12.1 Å². The van der Waals surface area contributed by atoms with E-state index in [2.05, 4.69) is 0 Å². The van der Waals surface area contributed by atoms with Crippen LogP contribution in [0.5, 0.6) is 5.75 Å². The molecule has 5 heteroatoms. The van der Waals surface area contributed by atoms with Crippen LogP contribution in [-0.4, -0.2) is 42.6 Å². The number of nitrogens with zero attached hydrogens (tertiary/aromatic N) is 1. The molecule has 19 heavy (non-hydrogen) atoms. The number of ether oxygens (including phenoxy) is 1. The molecule has 0 spiro atoms. The van der Waals surface area contributed by atoms with Gasteiger partial charge in [0.1, 0.15) is 5.75 Å². The maximum absolute atomic E-state index is 11.3. The van der Waals surface area contributed by atoms with Crippen LogP contribution >= 0.6 is 0 Å².